The number of carbonyl (C=O) groups is 1. The van der Waals surface area contributed by atoms with Gasteiger partial charge in [0, 0.05) is 24.0 Å². The van der Waals surface area contributed by atoms with Crippen molar-refractivity contribution in [3.05, 3.63) is 42.5 Å². The Labute approximate surface area is 176 Å². The van der Waals surface area contributed by atoms with Gasteiger partial charge in [-0.25, -0.2) is 8.42 Å². The predicted molar refractivity (Wildman–Crippen MR) is 114 cm³/mol. The fourth-order valence-electron chi connectivity index (χ4n) is 2.73. The lowest BCUT2D eigenvalue weighted by Gasteiger charge is -2.19. The second-order valence-corrected chi connectivity index (χ2v) is 8.94. The van der Waals surface area contributed by atoms with Crippen LogP contribution in [-0.2, 0) is 19.6 Å². The first-order valence-electron chi connectivity index (χ1n) is 9.73. The molecule has 0 aromatic heterocycles. The van der Waals surface area contributed by atoms with E-state index in [1.807, 2.05) is 13.8 Å². The van der Waals surface area contributed by atoms with Gasteiger partial charge >= 0.3 is 0 Å². The van der Waals surface area contributed by atoms with E-state index in [-0.39, 0.29) is 17.2 Å². The van der Waals surface area contributed by atoms with Crippen LogP contribution in [0.25, 0.3) is 0 Å². The third-order valence-electron chi connectivity index (χ3n) is 4.17. The highest BCUT2D eigenvalue weighted by molar-refractivity contribution is 7.92. The summed E-state index contributed by atoms with van der Waals surface area (Å²) in [4.78, 5) is 12.0. The highest BCUT2D eigenvalue weighted by Crippen LogP contribution is 2.32. The molecule has 8 nitrogen and oxygen atoms in total. The van der Waals surface area contributed by atoms with Crippen LogP contribution in [-0.4, -0.2) is 40.8 Å². The minimum atomic E-state index is -3.79. The molecule has 0 atom stereocenters. The Morgan fingerprint density at radius 2 is 1.70 bits per heavy atom. The Balaban J connectivity index is 1.56. The highest BCUT2D eigenvalue weighted by atomic mass is 32.2. The summed E-state index contributed by atoms with van der Waals surface area (Å²) in [5.41, 5.74) is 0.953. The Morgan fingerprint density at radius 1 is 1.03 bits per heavy atom. The molecule has 0 spiro atoms. The van der Waals surface area contributed by atoms with Gasteiger partial charge in [-0.1, -0.05) is 13.8 Å². The number of benzene rings is 2. The summed E-state index contributed by atoms with van der Waals surface area (Å²) in [7, 11) is -3.79. The van der Waals surface area contributed by atoms with Crippen LogP contribution >= 0.6 is 0 Å². The number of carbonyl (C=O) groups excluding carboxylic acids is 1. The van der Waals surface area contributed by atoms with E-state index in [4.69, 9.17) is 14.2 Å². The molecule has 0 saturated heterocycles. The summed E-state index contributed by atoms with van der Waals surface area (Å²) in [6, 6.07) is 10.9. The molecule has 0 fully saturated rings. The first-order valence-corrected chi connectivity index (χ1v) is 11.2. The summed E-state index contributed by atoms with van der Waals surface area (Å²) in [5.74, 6) is 1.18. The lowest BCUT2D eigenvalue weighted by Crippen LogP contribution is -2.17. The van der Waals surface area contributed by atoms with E-state index in [0.717, 1.165) is 0 Å². The molecule has 1 heterocycles. The maximum absolute atomic E-state index is 12.7. The van der Waals surface area contributed by atoms with Gasteiger partial charge in [-0.05, 0) is 42.3 Å². The third-order valence-corrected chi connectivity index (χ3v) is 5.55. The molecule has 0 radical (unpaired) electrons. The van der Waals surface area contributed by atoms with E-state index in [0.29, 0.717) is 55.2 Å². The van der Waals surface area contributed by atoms with Gasteiger partial charge in [-0.15, -0.1) is 0 Å². The third kappa shape index (κ3) is 6.11. The number of hydrogen-bond acceptors (Lipinski definition) is 6. The quantitative estimate of drug-likeness (QED) is 0.587. The number of ether oxygens (including phenoxy) is 3. The fraction of sp³-hybridized carbons (Fsp3) is 0.381. The van der Waals surface area contributed by atoms with Crippen molar-refractivity contribution in [2.24, 2.45) is 5.92 Å². The van der Waals surface area contributed by atoms with Crippen molar-refractivity contribution in [2.45, 2.75) is 25.2 Å². The van der Waals surface area contributed by atoms with Crippen LogP contribution in [0.1, 0.15) is 20.3 Å². The zero-order valence-electron chi connectivity index (χ0n) is 17.0. The zero-order chi connectivity index (χ0) is 21.6. The second kappa shape index (κ2) is 9.82. The average molecular weight is 435 g/mol. The fourth-order valence-corrected chi connectivity index (χ4v) is 3.81. The summed E-state index contributed by atoms with van der Waals surface area (Å²) in [5, 5.41) is 2.76. The van der Waals surface area contributed by atoms with Gasteiger partial charge in [0.05, 0.1) is 17.9 Å². The van der Waals surface area contributed by atoms with E-state index >= 15 is 0 Å². The molecular weight excluding hydrogens is 408 g/mol. The van der Waals surface area contributed by atoms with E-state index in [2.05, 4.69) is 10.0 Å². The smallest absolute Gasteiger partial charge is 0.262 e. The summed E-state index contributed by atoms with van der Waals surface area (Å²) < 4.78 is 44.1. The van der Waals surface area contributed by atoms with Crippen molar-refractivity contribution < 1.29 is 27.4 Å². The summed E-state index contributed by atoms with van der Waals surface area (Å²) in [6.45, 7) is 5.88. The SMILES string of the molecule is CC(C)COCCC(=O)Nc1ccc(NS(=O)(=O)c2ccc3c(c2)OCCO3)cc1. The van der Waals surface area contributed by atoms with Crippen molar-refractivity contribution in [1.29, 1.82) is 0 Å². The van der Waals surface area contributed by atoms with Gasteiger partial charge in [0.2, 0.25) is 5.91 Å². The van der Waals surface area contributed by atoms with Crippen molar-refractivity contribution >= 4 is 27.3 Å². The highest BCUT2D eigenvalue weighted by Gasteiger charge is 2.19. The van der Waals surface area contributed by atoms with Crippen LogP contribution in [0.4, 0.5) is 11.4 Å². The normalized spacial score (nSPS) is 13.2. The topological polar surface area (TPSA) is 103 Å². The number of amides is 1. The molecule has 1 aliphatic heterocycles. The number of fused-ring (bicyclic) bond motifs is 1. The van der Waals surface area contributed by atoms with Crippen molar-refractivity contribution in [2.75, 3.05) is 36.5 Å². The Kier molecular flexibility index (Phi) is 7.17. The van der Waals surface area contributed by atoms with E-state index in [9.17, 15) is 13.2 Å². The predicted octanol–water partition coefficient (Wildman–Crippen LogP) is 3.26. The van der Waals surface area contributed by atoms with Crippen LogP contribution in [0, 0.1) is 5.92 Å². The molecule has 9 heteroatoms. The van der Waals surface area contributed by atoms with E-state index in [1.165, 1.54) is 12.1 Å². The Morgan fingerprint density at radius 3 is 2.40 bits per heavy atom. The average Bonchev–Trinajstić information content (AvgIpc) is 2.72. The number of sulfonamides is 1. The van der Waals surface area contributed by atoms with Gasteiger partial charge in [0.15, 0.2) is 11.5 Å². The lowest BCUT2D eigenvalue weighted by molar-refractivity contribution is -0.117. The molecule has 1 amide bonds. The standard InChI is InChI=1S/C21H26N2O6S/c1-15(2)14-27-10-9-21(24)22-16-3-5-17(6-4-16)23-30(25,26)18-7-8-19-20(13-18)29-12-11-28-19/h3-8,13,15,23H,9-12,14H2,1-2H3,(H,22,24). The molecule has 0 unspecified atom stereocenters. The molecule has 2 aromatic rings. The van der Waals surface area contributed by atoms with Gasteiger partial charge in [-0.2, -0.15) is 0 Å². The van der Waals surface area contributed by atoms with Gasteiger partial charge in [-0.3, -0.25) is 9.52 Å². The monoisotopic (exact) mass is 434 g/mol. The molecule has 30 heavy (non-hydrogen) atoms. The van der Waals surface area contributed by atoms with Crippen LogP contribution in [0.2, 0.25) is 0 Å². The van der Waals surface area contributed by atoms with Crippen molar-refractivity contribution in [1.82, 2.24) is 0 Å². The molecule has 2 aromatic carbocycles. The Hall–Kier alpha value is -2.78. The first kappa shape index (κ1) is 21.9. The van der Waals surface area contributed by atoms with Crippen LogP contribution in [0.3, 0.4) is 0 Å². The summed E-state index contributed by atoms with van der Waals surface area (Å²) in [6.07, 6.45) is 0.255. The molecular formula is C21H26N2O6S. The van der Waals surface area contributed by atoms with Crippen LogP contribution in [0.5, 0.6) is 11.5 Å². The second-order valence-electron chi connectivity index (χ2n) is 7.26. The summed E-state index contributed by atoms with van der Waals surface area (Å²) >= 11 is 0. The van der Waals surface area contributed by atoms with Gasteiger partial charge in [0.1, 0.15) is 13.2 Å². The zero-order valence-corrected chi connectivity index (χ0v) is 17.8. The lowest BCUT2D eigenvalue weighted by atomic mass is 10.2. The van der Waals surface area contributed by atoms with Gasteiger partial charge < -0.3 is 19.5 Å². The minimum absolute atomic E-state index is 0.0746. The number of rotatable bonds is 9. The largest absolute Gasteiger partial charge is 0.486 e. The molecule has 1 aliphatic rings. The number of anilines is 2. The maximum atomic E-state index is 12.7. The molecule has 3 rings (SSSR count). The number of nitrogens with one attached hydrogen (secondary N) is 2. The molecule has 2 N–H and O–H groups in total. The minimum Gasteiger partial charge on any atom is -0.486 e. The molecule has 0 aliphatic carbocycles. The molecule has 0 bridgehead atoms. The van der Waals surface area contributed by atoms with E-state index in [1.54, 1.807) is 30.3 Å². The van der Waals surface area contributed by atoms with Gasteiger partial charge in [0.25, 0.3) is 10.0 Å². The maximum Gasteiger partial charge on any atom is 0.262 e. The number of hydrogen-bond donors (Lipinski definition) is 2. The van der Waals surface area contributed by atoms with E-state index < -0.39 is 10.0 Å². The van der Waals surface area contributed by atoms with Crippen LogP contribution < -0.4 is 19.5 Å². The van der Waals surface area contributed by atoms with Crippen molar-refractivity contribution in [3.63, 3.8) is 0 Å². The Bertz CT molecular complexity index is 973. The van der Waals surface area contributed by atoms with Crippen molar-refractivity contribution in [3.8, 4) is 11.5 Å². The van der Waals surface area contributed by atoms with Crippen LogP contribution in [0.15, 0.2) is 47.4 Å². The molecule has 162 valence electrons. The first-order chi connectivity index (χ1) is 14.3. The molecule has 0 saturated carbocycles.